The predicted octanol–water partition coefficient (Wildman–Crippen LogP) is 1.53. The van der Waals surface area contributed by atoms with E-state index in [4.69, 9.17) is 10.5 Å². The number of β-amino-alcohol motifs (C(OH)–C–C–N with tert-alkyl or cyclic N) is 1. The van der Waals surface area contributed by atoms with E-state index >= 15 is 0 Å². The number of aliphatic hydroxyl groups is 1. The molecule has 0 saturated carbocycles. The van der Waals surface area contributed by atoms with Gasteiger partial charge in [-0.15, -0.1) is 0 Å². The van der Waals surface area contributed by atoms with E-state index in [9.17, 15) is 28.2 Å². The van der Waals surface area contributed by atoms with Gasteiger partial charge in [0, 0.05) is 6.54 Å². The Hall–Kier alpha value is -3.11. The molecule has 1 aliphatic heterocycles. The van der Waals surface area contributed by atoms with E-state index in [0.717, 1.165) is 10.5 Å². The number of rotatable bonds is 5. The van der Waals surface area contributed by atoms with Crippen molar-refractivity contribution in [2.45, 2.75) is 29.1 Å². The zero-order valence-electron chi connectivity index (χ0n) is 16.2. The maximum absolute atomic E-state index is 13.1. The minimum absolute atomic E-state index is 0.0800. The average molecular weight is 434 g/mol. The Labute approximate surface area is 173 Å². The number of carboxylic acids is 1. The van der Waals surface area contributed by atoms with E-state index < -0.39 is 39.2 Å². The molecule has 0 aliphatic carbocycles. The van der Waals surface area contributed by atoms with Crippen LogP contribution in [0, 0.1) is 6.92 Å². The highest BCUT2D eigenvalue weighted by Crippen LogP contribution is 2.33. The van der Waals surface area contributed by atoms with Crippen molar-refractivity contribution in [3.8, 4) is 11.5 Å². The van der Waals surface area contributed by atoms with Crippen LogP contribution in [0.15, 0.2) is 53.4 Å². The molecule has 1 saturated heterocycles. The summed E-state index contributed by atoms with van der Waals surface area (Å²) in [6.45, 7) is 1.12. The van der Waals surface area contributed by atoms with E-state index in [1.54, 1.807) is 6.07 Å². The van der Waals surface area contributed by atoms with Crippen LogP contribution in [-0.2, 0) is 14.6 Å². The number of sulfone groups is 1. The number of amides is 2. The topological polar surface area (TPSA) is 147 Å². The number of carbonyl (C=O) groups excluding carboxylic acids is 1. The van der Waals surface area contributed by atoms with E-state index in [-0.39, 0.29) is 17.9 Å². The van der Waals surface area contributed by atoms with E-state index in [1.165, 1.54) is 24.3 Å². The lowest BCUT2D eigenvalue weighted by molar-refractivity contribution is -0.162. The minimum atomic E-state index is -4.23. The number of hydrogen-bond acceptors (Lipinski definition) is 6. The van der Waals surface area contributed by atoms with Crippen LogP contribution in [0.1, 0.15) is 12.0 Å². The number of likely N-dealkylation sites (tertiary alicyclic amines) is 1. The smallest absolute Gasteiger partial charge is 0.338 e. The highest BCUT2D eigenvalue weighted by atomic mass is 32.2. The maximum Gasteiger partial charge on any atom is 0.338 e. The summed E-state index contributed by atoms with van der Waals surface area (Å²) in [6.07, 6.45) is -0.268. The fourth-order valence-electron chi connectivity index (χ4n) is 3.47. The molecule has 2 amide bonds. The number of carboxylic acid groups (broad SMARTS) is 1. The first-order valence-electron chi connectivity index (χ1n) is 9.12. The fourth-order valence-corrected chi connectivity index (χ4v) is 5.41. The van der Waals surface area contributed by atoms with Gasteiger partial charge in [0.15, 0.2) is 15.4 Å². The number of nitrogens with two attached hydrogens (primary N) is 1. The standard InChI is InChI=1S/C20H22N2O7S/c1-13-3-2-4-15(11-13)29-14-5-7-16(8-6-14)30(27,28)17-9-10-22(19(21)25)12-20(17,26)18(23)24/h2-8,11,17,26H,9-10,12H2,1H3,(H2,21,25)(H,23,24). The van der Waals surface area contributed by atoms with Crippen molar-refractivity contribution >= 4 is 21.8 Å². The molecule has 1 heterocycles. The number of primary amides is 1. The monoisotopic (exact) mass is 434 g/mol. The molecule has 30 heavy (non-hydrogen) atoms. The van der Waals surface area contributed by atoms with Gasteiger partial charge in [0.25, 0.3) is 0 Å². The molecule has 9 nitrogen and oxygen atoms in total. The molecule has 2 aromatic carbocycles. The van der Waals surface area contributed by atoms with Crippen molar-refractivity contribution in [1.29, 1.82) is 0 Å². The van der Waals surface area contributed by atoms with Gasteiger partial charge in [0.1, 0.15) is 16.7 Å². The lowest BCUT2D eigenvalue weighted by Crippen LogP contribution is -2.65. The molecule has 2 aromatic rings. The fraction of sp³-hybridized carbons (Fsp3) is 0.300. The number of ether oxygens (including phenoxy) is 1. The number of aryl methyl sites for hydroxylation is 1. The highest BCUT2D eigenvalue weighted by Gasteiger charge is 2.55. The zero-order chi connectivity index (χ0) is 22.1. The van der Waals surface area contributed by atoms with E-state index in [1.807, 2.05) is 25.1 Å². The highest BCUT2D eigenvalue weighted by molar-refractivity contribution is 7.92. The predicted molar refractivity (Wildman–Crippen MR) is 107 cm³/mol. The first-order valence-corrected chi connectivity index (χ1v) is 10.7. The molecule has 0 spiro atoms. The summed E-state index contributed by atoms with van der Waals surface area (Å²) >= 11 is 0. The summed E-state index contributed by atoms with van der Waals surface area (Å²) in [4.78, 5) is 23.8. The van der Waals surface area contributed by atoms with E-state index in [2.05, 4.69) is 0 Å². The molecule has 1 aliphatic rings. The Morgan fingerprint density at radius 1 is 1.17 bits per heavy atom. The van der Waals surface area contributed by atoms with Crippen LogP contribution < -0.4 is 10.5 Å². The number of urea groups is 1. The van der Waals surface area contributed by atoms with Crippen molar-refractivity contribution in [3.05, 3.63) is 54.1 Å². The Balaban J connectivity index is 1.87. The van der Waals surface area contributed by atoms with Gasteiger partial charge < -0.3 is 25.6 Å². The molecule has 0 radical (unpaired) electrons. The first kappa shape index (κ1) is 21.6. The first-order chi connectivity index (χ1) is 14.0. The number of carbonyl (C=O) groups is 2. The maximum atomic E-state index is 13.1. The van der Waals surface area contributed by atoms with Gasteiger partial charge in [-0.05, 0) is 55.3 Å². The zero-order valence-corrected chi connectivity index (χ0v) is 17.0. The van der Waals surface area contributed by atoms with Crippen LogP contribution in [0.3, 0.4) is 0 Å². The molecule has 0 aromatic heterocycles. The van der Waals surface area contributed by atoms with Gasteiger partial charge in [-0.25, -0.2) is 18.0 Å². The summed E-state index contributed by atoms with van der Waals surface area (Å²) in [6, 6.07) is 11.9. The van der Waals surface area contributed by atoms with Gasteiger partial charge in [-0.3, -0.25) is 0 Å². The molecule has 2 unspecified atom stereocenters. The summed E-state index contributed by atoms with van der Waals surface area (Å²) in [5.41, 5.74) is 3.49. The van der Waals surface area contributed by atoms with Crippen molar-refractivity contribution in [2.24, 2.45) is 5.73 Å². The average Bonchev–Trinajstić information content (AvgIpc) is 2.68. The van der Waals surface area contributed by atoms with Crippen LogP contribution in [0.2, 0.25) is 0 Å². The Bertz CT molecular complexity index is 1070. The molecule has 3 rings (SSSR count). The van der Waals surface area contributed by atoms with Crippen molar-refractivity contribution in [1.82, 2.24) is 4.90 Å². The molecule has 0 bridgehead atoms. The Morgan fingerprint density at radius 3 is 2.40 bits per heavy atom. The van der Waals surface area contributed by atoms with Crippen molar-refractivity contribution in [3.63, 3.8) is 0 Å². The quantitative estimate of drug-likeness (QED) is 0.646. The van der Waals surface area contributed by atoms with Crippen molar-refractivity contribution < 1.29 is 33.0 Å². The van der Waals surface area contributed by atoms with Crippen LogP contribution in [-0.4, -0.2) is 59.5 Å². The molecule has 160 valence electrons. The number of piperidine rings is 1. The Morgan fingerprint density at radius 2 is 1.83 bits per heavy atom. The number of benzene rings is 2. The minimum Gasteiger partial charge on any atom is -0.479 e. The third kappa shape index (κ3) is 4.10. The normalized spacial score (nSPS) is 21.8. The molecular formula is C20H22N2O7S. The second kappa shape index (κ2) is 7.96. The van der Waals surface area contributed by atoms with Gasteiger partial charge in [-0.2, -0.15) is 0 Å². The molecule has 10 heteroatoms. The summed E-state index contributed by atoms with van der Waals surface area (Å²) in [7, 11) is -4.23. The second-order valence-corrected chi connectivity index (χ2v) is 9.33. The summed E-state index contributed by atoms with van der Waals surface area (Å²) < 4.78 is 31.9. The SMILES string of the molecule is Cc1cccc(Oc2ccc(S(=O)(=O)C3CCN(C(N)=O)CC3(O)C(=O)O)cc2)c1. The van der Waals surface area contributed by atoms with Crippen LogP contribution >= 0.6 is 0 Å². The number of hydrogen-bond donors (Lipinski definition) is 3. The third-order valence-electron chi connectivity index (χ3n) is 5.06. The van der Waals surface area contributed by atoms with Crippen molar-refractivity contribution in [2.75, 3.05) is 13.1 Å². The lowest BCUT2D eigenvalue weighted by Gasteiger charge is -2.40. The number of nitrogens with zero attached hydrogens (tertiary/aromatic N) is 1. The van der Waals surface area contributed by atoms with E-state index in [0.29, 0.717) is 11.5 Å². The van der Waals surface area contributed by atoms with Gasteiger partial charge >= 0.3 is 12.0 Å². The van der Waals surface area contributed by atoms with Crippen LogP contribution in [0.25, 0.3) is 0 Å². The second-order valence-electron chi connectivity index (χ2n) is 7.20. The summed E-state index contributed by atoms with van der Waals surface area (Å²) in [5, 5.41) is 18.5. The lowest BCUT2D eigenvalue weighted by atomic mass is 9.92. The van der Waals surface area contributed by atoms with Gasteiger partial charge in [-0.1, -0.05) is 12.1 Å². The largest absolute Gasteiger partial charge is 0.479 e. The van der Waals surface area contributed by atoms with Gasteiger partial charge in [0.05, 0.1) is 11.4 Å². The molecular weight excluding hydrogens is 412 g/mol. The summed E-state index contributed by atoms with van der Waals surface area (Å²) in [5.74, 6) is -0.747. The molecule has 1 fully saturated rings. The number of aliphatic carboxylic acids is 1. The third-order valence-corrected chi connectivity index (χ3v) is 7.36. The molecule has 2 atom stereocenters. The van der Waals surface area contributed by atoms with Crippen LogP contribution in [0.4, 0.5) is 4.79 Å². The Kier molecular flexibility index (Phi) is 5.73. The molecule has 4 N–H and O–H groups in total. The van der Waals surface area contributed by atoms with Gasteiger partial charge in [0.2, 0.25) is 0 Å². The van der Waals surface area contributed by atoms with Crippen LogP contribution in [0.5, 0.6) is 11.5 Å².